The van der Waals surface area contributed by atoms with Gasteiger partial charge in [-0.1, -0.05) is 52.7 Å². The van der Waals surface area contributed by atoms with Crippen molar-refractivity contribution in [2.75, 3.05) is 32.8 Å². The maximum Gasteiger partial charge on any atom is 0.326 e. The predicted octanol–water partition coefficient (Wildman–Crippen LogP) is -4.45. The molecule has 2 rings (SSSR count). The Morgan fingerprint density at radius 3 is 1.73 bits per heavy atom. The Kier molecular flexibility index (Phi) is 27.3. The molecule has 1 fully saturated rings. The molecule has 0 saturated carbocycles. The van der Waals surface area contributed by atoms with Crippen LogP contribution < -0.4 is 60.2 Å². The number of phenols is 1. The molecule has 410 valence electrons. The molecule has 10 atom stereocenters. The van der Waals surface area contributed by atoms with E-state index in [2.05, 4.69) is 37.2 Å². The van der Waals surface area contributed by atoms with Gasteiger partial charge in [0.25, 0.3) is 0 Å². The van der Waals surface area contributed by atoms with Gasteiger partial charge < -0.3 is 85.5 Å². The van der Waals surface area contributed by atoms with Crippen molar-refractivity contribution in [3.63, 3.8) is 0 Å². The first-order chi connectivity index (χ1) is 34.5. The number of aliphatic hydroxyl groups is 2. The van der Waals surface area contributed by atoms with Gasteiger partial charge in [-0.2, -0.15) is 0 Å². The van der Waals surface area contributed by atoms with Crippen molar-refractivity contribution in [3.05, 3.63) is 29.8 Å². The molecular weight excluding hydrogens is 957 g/mol. The van der Waals surface area contributed by atoms with Gasteiger partial charge in [0.15, 0.2) is 0 Å². The smallest absolute Gasteiger partial charge is 0.326 e. The van der Waals surface area contributed by atoms with E-state index < -0.39 is 145 Å². The van der Waals surface area contributed by atoms with Crippen molar-refractivity contribution in [1.82, 2.24) is 42.1 Å². The summed E-state index contributed by atoms with van der Waals surface area (Å²) in [6, 6.07) is -6.88. The largest absolute Gasteiger partial charge is 0.508 e. The minimum Gasteiger partial charge on any atom is -0.508 e. The number of nitrogens with two attached hydrogens (primary N) is 4. The van der Waals surface area contributed by atoms with Crippen LogP contribution in [0.2, 0.25) is 0 Å². The Morgan fingerprint density at radius 2 is 1.18 bits per heavy atom. The highest BCUT2D eigenvalue weighted by Crippen LogP contribution is 2.20. The minimum atomic E-state index is -1.78. The molecule has 9 amide bonds. The van der Waals surface area contributed by atoms with Crippen molar-refractivity contribution in [2.24, 2.45) is 34.8 Å². The number of nitrogens with one attached hydrogen (secondary N) is 7. The summed E-state index contributed by atoms with van der Waals surface area (Å²) in [6.45, 7) is 5.17. The van der Waals surface area contributed by atoms with Crippen molar-refractivity contribution in [3.8, 4) is 5.75 Å². The van der Waals surface area contributed by atoms with E-state index in [4.69, 9.17) is 22.9 Å². The van der Waals surface area contributed by atoms with Crippen molar-refractivity contribution >= 4 is 59.1 Å². The lowest BCUT2D eigenvalue weighted by molar-refractivity contribution is -0.144. The summed E-state index contributed by atoms with van der Waals surface area (Å²) in [5.74, 6) is -10.8. The standard InChI is InChI=1S/C47H78N12O14/c1-5-26(4)38(47(72)73)58-40(65)30(12-7-9-19-49)52-45(70)37(25(2)3)57-42(67)32(22-36(51)63)54-43(68)33(23-60)55-44(69)35-13-10-20-59(35)46(71)34(24-61)56-41(66)31(21-27-14-16-28(62)17-15-27)53-39(64)29(50)11-6-8-18-48/h14-17,25-26,29-35,37-38,60-62H,5-13,18-24,48-50H2,1-4H3,(H2,51,63)(H,52,70)(H,53,64)(H,54,68)(H,55,69)(H,56,66)(H,57,67)(H,58,65)(H,72,73). The number of hydrogen-bond donors (Lipinski definition) is 15. The predicted molar refractivity (Wildman–Crippen MR) is 264 cm³/mol. The third kappa shape index (κ3) is 20.5. The van der Waals surface area contributed by atoms with Crippen LogP contribution in [0.25, 0.3) is 0 Å². The molecule has 1 heterocycles. The number of carbonyl (C=O) groups excluding carboxylic acids is 9. The highest BCUT2D eigenvalue weighted by atomic mass is 16.4. The van der Waals surface area contributed by atoms with E-state index in [-0.39, 0.29) is 50.9 Å². The summed E-state index contributed by atoms with van der Waals surface area (Å²) in [5, 5.41) is 57.2. The highest BCUT2D eigenvalue weighted by Gasteiger charge is 2.40. The van der Waals surface area contributed by atoms with Crippen LogP contribution in [-0.4, -0.2) is 172 Å². The fourth-order valence-electron chi connectivity index (χ4n) is 7.85. The molecular formula is C47H78N12O14. The number of aromatic hydroxyl groups is 1. The Morgan fingerprint density at radius 1 is 0.658 bits per heavy atom. The number of aliphatic hydroxyl groups excluding tert-OH is 2. The first-order valence-electron chi connectivity index (χ1n) is 24.6. The van der Waals surface area contributed by atoms with E-state index in [1.54, 1.807) is 27.7 Å². The number of aliphatic carboxylic acids is 1. The molecule has 26 nitrogen and oxygen atoms in total. The van der Waals surface area contributed by atoms with Crippen LogP contribution in [0.3, 0.4) is 0 Å². The number of hydrogen-bond acceptors (Lipinski definition) is 16. The zero-order chi connectivity index (χ0) is 54.9. The molecule has 0 bridgehead atoms. The number of nitrogens with zero attached hydrogens (tertiary/aromatic N) is 1. The van der Waals surface area contributed by atoms with Gasteiger partial charge >= 0.3 is 5.97 Å². The van der Waals surface area contributed by atoms with Gasteiger partial charge in [-0.15, -0.1) is 0 Å². The maximum atomic E-state index is 13.9. The molecule has 0 aliphatic carbocycles. The van der Waals surface area contributed by atoms with Crippen molar-refractivity contribution in [1.29, 1.82) is 0 Å². The monoisotopic (exact) mass is 1030 g/mol. The van der Waals surface area contributed by atoms with Gasteiger partial charge in [0.05, 0.1) is 25.7 Å². The van der Waals surface area contributed by atoms with Gasteiger partial charge in [-0.25, -0.2) is 4.79 Å². The number of likely N-dealkylation sites (tertiary alicyclic amines) is 1. The van der Waals surface area contributed by atoms with Crippen LogP contribution in [0.5, 0.6) is 5.75 Å². The SMILES string of the molecule is CCC(C)C(NC(=O)C(CCCCN)NC(=O)C(NC(=O)C(CC(N)=O)NC(=O)C(CO)NC(=O)C1CCCN1C(=O)C(CO)NC(=O)C(Cc1ccc(O)cc1)NC(=O)C(N)CCCCN)C(C)C)C(=O)O. The fraction of sp³-hybridized carbons (Fsp3) is 0.660. The Balaban J connectivity index is 2.25. The van der Waals surface area contributed by atoms with Gasteiger partial charge in [0.2, 0.25) is 53.2 Å². The molecule has 1 aromatic carbocycles. The van der Waals surface area contributed by atoms with Gasteiger partial charge in [-0.05, 0) is 87.6 Å². The van der Waals surface area contributed by atoms with Gasteiger partial charge in [0.1, 0.15) is 54.1 Å². The molecule has 73 heavy (non-hydrogen) atoms. The number of amides is 9. The maximum absolute atomic E-state index is 13.9. The lowest BCUT2D eigenvalue weighted by Crippen LogP contribution is -2.62. The van der Waals surface area contributed by atoms with Crippen LogP contribution >= 0.6 is 0 Å². The van der Waals surface area contributed by atoms with E-state index >= 15 is 0 Å². The third-order valence-corrected chi connectivity index (χ3v) is 12.4. The second kappa shape index (κ2) is 31.9. The fourth-order valence-corrected chi connectivity index (χ4v) is 7.85. The number of carbonyl (C=O) groups is 10. The summed E-state index contributed by atoms with van der Waals surface area (Å²) < 4.78 is 0. The molecule has 26 heteroatoms. The second-order valence-electron chi connectivity index (χ2n) is 18.5. The summed E-state index contributed by atoms with van der Waals surface area (Å²) in [5.41, 5.74) is 23.2. The van der Waals surface area contributed by atoms with Crippen LogP contribution in [0.1, 0.15) is 97.5 Å². The first kappa shape index (κ1) is 62.6. The average molecular weight is 1040 g/mol. The Bertz CT molecular complexity index is 2030. The quantitative estimate of drug-likeness (QED) is 0.0295. The van der Waals surface area contributed by atoms with Crippen molar-refractivity contribution in [2.45, 2.75) is 153 Å². The highest BCUT2D eigenvalue weighted by molar-refractivity contribution is 5.99. The van der Waals surface area contributed by atoms with Gasteiger partial charge in [0, 0.05) is 13.0 Å². The summed E-state index contributed by atoms with van der Waals surface area (Å²) >= 11 is 0. The number of carboxylic acids is 1. The molecule has 1 aliphatic rings. The molecule has 0 aromatic heterocycles. The van der Waals surface area contributed by atoms with Crippen LogP contribution in [0.4, 0.5) is 0 Å². The topological polar surface area (TPSA) is 443 Å². The molecule has 1 aliphatic heterocycles. The van der Waals surface area contributed by atoms with E-state index in [1.807, 2.05) is 0 Å². The second-order valence-corrected chi connectivity index (χ2v) is 18.5. The normalized spacial score (nSPS) is 17.0. The van der Waals surface area contributed by atoms with Crippen LogP contribution in [0.15, 0.2) is 24.3 Å². The van der Waals surface area contributed by atoms with E-state index in [0.717, 1.165) is 4.90 Å². The number of benzene rings is 1. The zero-order valence-corrected chi connectivity index (χ0v) is 42.1. The Labute approximate surface area is 424 Å². The average Bonchev–Trinajstić information content (AvgIpc) is 3.85. The molecule has 10 unspecified atom stereocenters. The van der Waals surface area contributed by atoms with E-state index in [0.29, 0.717) is 44.2 Å². The third-order valence-electron chi connectivity index (χ3n) is 12.4. The van der Waals surface area contributed by atoms with Gasteiger partial charge in [-0.3, -0.25) is 43.2 Å². The van der Waals surface area contributed by atoms with E-state index in [1.165, 1.54) is 24.3 Å². The number of carboxylic acid groups (broad SMARTS) is 1. The lowest BCUT2D eigenvalue weighted by atomic mass is 9.98. The number of unbranched alkanes of at least 4 members (excludes halogenated alkanes) is 2. The molecule has 19 N–H and O–H groups in total. The molecule has 1 saturated heterocycles. The zero-order valence-electron chi connectivity index (χ0n) is 42.1. The number of primary amides is 1. The summed E-state index contributed by atoms with van der Waals surface area (Å²) in [4.78, 5) is 134. The van der Waals surface area contributed by atoms with Crippen molar-refractivity contribution < 1.29 is 68.4 Å². The summed E-state index contributed by atoms with van der Waals surface area (Å²) in [7, 11) is 0. The number of phenolic OH excluding ortho intramolecular Hbond substituents is 1. The Hall–Kier alpha value is -6.48. The lowest BCUT2D eigenvalue weighted by Gasteiger charge is -2.30. The molecule has 0 spiro atoms. The minimum absolute atomic E-state index is 0.0317. The summed E-state index contributed by atoms with van der Waals surface area (Å²) in [6.07, 6.45) is 2.16. The van der Waals surface area contributed by atoms with Crippen LogP contribution in [0, 0.1) is 11.8 Å². The van der Waals surface area contributed by atoms with Crippen LogP contribution in [-0.2, 0) is 54.4 Å². The molecule has 1 aromatic rings. The van der Waals surface area contributed by atoms with E-state index in [9.17, 15) is 68.4 Å². The number of rotatable bonds is 33. The first-order valence-corrected chi connectivity index (χ1v) is 24.6. The molecule has 0 radical (unpaired) electrons.